The van der Waals surface area contributed by atoms with Crippen molar-refractivity contribution in [1.29, 1.82) is 0 Å². The van der Waals surface area contributed by atoms with Crippen molar-refractivity contribution in [3.05, 3.63) is 35.0 Å². The van der Waals surface area contributed by atoms with Gasteiger partial charge in [0.25, 0.3) is 0 Å². The number of ether oxygens (including phenoxy) is 1. The average Bonchev–Trinajstić information content (AvgIpc) is 2.18. The quantitative estimate of drug-likeness (QED) is 0.717. The summed E-state index contributed by atoms with van der Waals surface area (Å²) in [7, 11) is 1.61. The Morgan fingerprint density at radius 1 is 1.21 bits per heavy atom. The minimum atomic E-state index is 0.623. The molecule has 1 aromatic carbocycles. The van der Waals surface area contributed by atoms with Crippen LogP contribution in [-0.4, -0.2) is 12.1 Å². The number of benzene rings is 1. The summed E-state index contributed by atoms with van der Waals surface area (Å²) in [5.41, 5.74) is 1.88. The zero-order chi connectivity index (χ0) is 10.1. The molecule has 2 rings (SSSR count). The van der Waals surface area contributed by atoms with Crippen LogP contribution in [0.25, 0.3) is 10.9 Å². The molecule has 0 aliphatic carbocycles. The molecule has 3 heteroatoms. The predicted molar refractivity (Wildman–Crippen MR) is 58.0 cm³/mol. The number of fused-ring (bicyclic) bond motifs is 1. The van der Waals surface area contributed by atoms with Crippen molar-refractivity contribution in [3.8, 4) is 5.75 Å². The number of pyridine rings is 1. The maximum atomic E-state index is 6.13. The second-order valence-corrected chi connectivity index (χ2v) is 3.48. The van der Waals surface area contributed by atoms with Crippen LogP contribution in [0, 0.1) is 6.92 Å². The van der Waals surface area contributed by atoms with E-state index in [2.05, 4.69) is 4.98 Å². The van der Waals surface area contributed by atoms with E-state index in [0.29, 0.717) is 10.8 Å². The van der Waals surface area contributed by atoms with Crippen molar-refractivity contribution >= 4 is 22.5 Å². The monoisotopic (exact) mass is 207 g/mol. The minimum absolute atomic E-state index is 0.623. The molecule has 14 heavy (non-hydrogen) atoms. The van der Waals surface area contributed by atoms with Gasteiger partial charge in [-0.15, -0.1) is 0 Å². The van der Waals surface area contributed by atoms with Crippen molar-refractivity contribution in [2.24, 2.45) is 0 Å². The summed E-state index contributed by atoms with van der Waals surface area (Å²) < 4.78 is 5.12. The highest BCUT2D eigenvalue weighted by atomic mass is 35.5. The first-order valence-electron chi connectivity index (χ1n) is 4.32. The highest BCUT2D eigenvalue weighted by Gasteiger charge is 2.05. The van der Waals surface area contributed by atoms with Gasteiger partial charge >= 0.3 is 0 Å². The van der Waals surface area contributed by atoms with Crippen LogP contribution >= 0.6 is 11.6 Å². The van der Waals surface area contributed by atoms with Gasteiger partial charge < -0.3 is 4.74 Å². The lowest BCUT2D eigenvalue weighted by molar-refractivity contribution is 0.415. The lowest BCUT2D eigenvalue weighted by Crippen LogP contribution is -1.88. The number of halogens is 1. The van der Waals surface area contributed by atoms with Crippen LogP contribution in [0.15, 0.2) is 24.3 Å². The molecule has 0 amide bonds. The van der Waals surface area contributed by atoms with Gasteiger partial charge in [0.1, 0.15) is 5.75 Å². The molecule has 0 fully saturated rings. The van der Waals surface area contributed by atoms with E-state index in [1.54, 1.807) is 7.11 Å². The Balaban J connectivity index is 2.77. The molecule has 1 heterocycles. The lowest BCUT2D eigenvalue weighted by atomic mass is 10.2. The fourth-order valence-corrected chi connectivity index (χ4v) is 1.71. The fourth-order valence-electron chi connectivity index (χ4n) is 1.41. The number of nitrogens with zero attached hydrogens (tertiary/aromatic N) is 1. The predicted octanol–water partition coefficient (Wildman–Crippen LogP) is 3.21. The van der Waals surface area contributed by atoms with Crippen LogP contribution < -0.4 is 4.74 Å². The summed E-state index contributed by atoms with van der Waals surface area (Å²) in [5, 5.41) is 1.55. The highest BCUT2D eigenvalue weighted by Crippen LogP contribution is 2.31. The molecule has 0 atom stereocenters. The lowest BCUT2D eigenvalue weighted by Gasteiger charge is -2.05. The molecule has 0 spiro atoms. The van der Waals surface area contributed by atoms with E-state index in [-0.39, 0.29) is 0 Å². The summed E-state index contributed by atoms with van der Waals surface area (Å²) in [5.74, 6) is 0.685. The molecule has 2 nitrogen and oxygen atoms in total. The topological polar surface area (TPSA) is 22.1 Å². The Kier molecular flexibility index (Phi) is 2.30. The van der Waals surface area contributed by atoms with Crippen molar-refractivity contribution < 1.29 is 4.74 Å². The van der Waals surface area contributed by atoms with Gasteiger partial charge in [0.2, 0.25) is 0 Å². The molecular formula is C11H10ClNO. The Bertz CT molecular complexity index is 482. The molecule has 0 unspecified atom stereocenters. The second-order valence-electron chi connectivity index (χ2n) is 3.10. The maximum Gasteiger partial charge on any atom is 0.138 e. The zero-order valence-electron chi connectivity index (χ0n) is 8.04. The standard InChI is InChI=1S/C11H10ClNO/c1-7-3-4-8-9(13-7)5-6-10(14-2)11(8)12/h3-6H,1-2H3. The normalized spacial score (nSPS) is 10.5. The summed E-state index contributed by atoms with van der Waals surface area (Å²) in [6, 6.07) is 7.64. The van der Waals surface area contributed by atoms with Crippen LogP contribution in [0.3, 0.4) is 0 Å². The van der Waals surface area contributed by atoms with Gasteiger partial charge in [-0.25, -0.2) is 0 Å². The van der Waals surface area contributed by atoms with Crippen LogP contribution in [0.1, 0.15) is 5.69 Å². The van der Waals surface area contributed by atoms with E-state index in [1.807, 2.05) is 31.2 Å². The molecule has 0 saturated heterocycles. The van der Waals surface area contributed by atoms with Gasteiger partial charge in [0.15, 0.2) is 0 Å². The summed E-state index contributed by atoms with van der Waals surface area (Å²) >= 11 is 6.13. The first-order chi connectivity index (χ1) is 6.72. The number of hydrogen-bond donors (Lipinski definition) is 0. The van der Waals surface area contributed by atoms with E-state index in [1.165, 1.54) is 0 Å². The van der Waals surface area contributed by atoms with Crippen LogP contribution in [-0.2, 0) is 0 Å². The largest absolute Gasteiger partial charge is 0.495 e. The van der Waals surface area contributed by atoms with Crippen LogP contribution in [0.2, 0.25) is 5.02 Å². The number of hydrogen-bond acceptors (Lipinski definition) is 2. The Morgan fingerprint density at radius 3 is 2.71 bits per heavy atom. The van der Waals surface area contributed by atoms with E-state index < -0.39 is 0 Å². The van der Waals surface area contributed by atoms with Crippen molar-refractivity contribution in [2.45, 2.75) is 6.92 Å². The zero-order valence-corrected chi connectivity index (χ0v) is 8.80. The number of methoxy groups -OCH3 is 1. The third kappa shape index (κ3) is 1.42. The fraction of sp³-hybridized carbons (Fsp3) is 0.182. The molecule has 0 radical (unpaired) electrons. The van der Waals surface area contributed by atoms with E-state index in [4.69, 9.17) is 16.3 Å². The molecule has 0 aliphatic rings. The summed E-state index contributed by atoms with van der Waals surface area (Å²) in [4.78, 5) is 4.37. The maximum absolute atomic E-state index is 6.13. The van der Waals surface area contributed by atoms with Gasteiger partial charge in [-0.1, -0.05) is 11.6 Å². The third-order valence-electron chi connectivity index (χ3n) is 2.13. The van der Waals surface area contributed by atoms with Gasteiger partial charge in [0, 0.05) is 11.1 Å². The van der Waals surface area contributed by atoms with Gasteiger partial charge in [-0.05, 0) is 31.2 Å². The number of aromatic nitrogens is 1. The molecule has 0 aliphatic heterocycles. The van der Waals surface area contributed by atoms with Crippen molar-refractivity contribution in [2.75, 3.05) is 7.11 Å². The van der Waals surface area contributed by atoms with E-state index in [9.17, 15) is 0 Å². The smallest absolute Gasteiger partial charge is 0.138 e. The Labute approximate surface area is 87.5 Å². The van der Waals surface area contributed by atoms with Gasteiger partial charge in [-0.3, -0.25) is 4.98 Å². The Morgan fingerprint density at radius 2 is 2.00 bits per heavy atom. The SMILES string of the molecule is COc1ccc2nc(C)ccc2c1Cl. The molecule has 72 valence electrons. The number of aryl methyl sites for hydroxylation is 1. The molecule has 0 saturated carbocycles. The van der Waals surface area contributed by atoms with Crippen molar-refractivity contribution in [1.82, 2.24) is 4.98 Å². The second kappa shape index (κ2) is 3.46. The molecule has 1 aromatic heterocycles. The molecule has 0 bridgehead atoms. The summed E-state index contributed by atoms with van der Waals surface area (Å²) in [6.45, 7) is 1.96. The van der Waals surface area contributed by atoms with Gasteiger partial charge in [-0.2, -0.15) is 0 Å². The minimum Gasteiger partial charge on any atom is -0.495 e. The Hall–Kier alpha value is -1.28. The third-order valence-corrected chi connectivity index (χ3v) is 2.52. The summed E-state index contributed by atoms with van der Waals surface area (Å²) in [6.07, 6.45) is 0. The first-order valence-corrected chi connectivity index (χ1v) is 4.70. The highest BCUT2D eigenvalue weighted by molar-refractivity contribution is 6.36. The molecule has 0 N–H and O–H groups in total. The number of rotatable bonds is 1. The van der Waals surface area contributed by atoms with Crippen LogP contribution in [0.5, 0.6) is 5.75 Å². The molecule has 2 aromatic rings. The molecular weight excluding hydrogens is 198 g/mol. The average molecular weight is 208 g/mol. The van der Waals surface area contributed by atoms with Crippen LogP contribution in [0.4, 0.5) is 0 Å². The van der Waals surface area contributed by atoms with E-state index >= 15 is 0 Å². The van der Waals surface area contributed by atoms with Gasteiger partial charge in [0.05, 0.1) is 17.6 Å². The van der Waals surface area contributed by atoms with Crippen molar-refractivity contribution in [3.63, 3.8) is 0 Å². The van der Waals surface area contributed by atoms with E-state index in [0.717, 1.165) is 16.6 Å². The first kappa shape index (κ1) is 9.28.